The van der Waals surface area contributed by atoms with Crippen LogP contribution in [-0.4, -0.2) is 30.4 Å². The van der Waals surface area contributed by atoms with E-state index >= 15 is 0 Å². The van der Waals surface area contributed by atoms with Gasteiger partial charge in [-0.2, -0.15) is 15.0 Å². The zero-order valence-electron chi connectivity index (χ0n) is 13.7. The molecule has 0 spiro atoms. The molecule has 1 N–H and O–H groups in total. The van der Waals surface area contributed by atoms with E-state index in [-0.39, 0.29) is 40.5 Å². The number of carbonyl (C=O) groups is 1. The molecule has 0 atom stereocenters. The highest BCUT2D eigenvalue weighted by molar-refractivity contribution is 9.10. The number of anilines is 1. The number of hydrogen-bond acceptors (Lipinski definition) is 6. The highest BCUT2D eigenvalue weighted by Crippen LogP contribution is 2.22. The van der Waals surface area contributed by atoms with Crippen LogP contribution in [0.5, 0.6) is 0 Å². The third kappa shape index (κ3) is 4.01. The smallest absolute Gasteiger partial charge is 0.358 e. The van der Waals surface area contributed by atoms with E-state index in [1.807, 2.05) is 24.3 Å². The summed E-state index contributed by atoms with van der Waals surface area (Å²) in [4.78, 5) is 22.5. The van der Waals surface area contributed by atoms with E-state index in [0.717, 1.165) is 0 Å². The van der Waals surface area contributed by atoms with Crippen LogP contribution in [0.25, 0.3) is 5.69 Å². The van der Waals surface area contributed by atoms with Crippen LogP contribution in [0.1, 0.15) is 12.0 Å². The lowest BCUT2D eigenvalue weighted by molar-refractivity contribution is -0.390. The maximum absolute atomic E-state index is 12.3. The Morgan fingerprint density at radius 1 is 1.37 bits per heavy atom. The van der Waals surface area contributed by atoms with Crippen molar-refractivity contribution in [3.63, 3.8) is 0 Å². The molecule has 0 saturated heterocycles. The molecule has 0 radical (unpaired) electrons. The van der Waals surface area contributed by atoms with Crippen LogP contribution < -0.4 is 5.32 Å². The fourth-order valence-corrected chi connectivity index (χ4v) is 2.81. The third-order valence-corrected chi connectivity index (χ3v) is 4.15. The number of benzene rings is 1. The van der Waals surface area contributed by atoms with Crippen LogP contribution in [0.4, 0.5) is 11.6 Å². The van der Waals surface area contributed by atoms with Gasteiger partial charge in [0, 0.05) is 6.42 Å². The Hall–Kier alpha value is -3.52. The van der Waals surface area contributed by atoms with Crippen molar-refractivity contribution < 1.29 is 9.72 Å². The van der Waals surface area contributed by atoms with Crippen LogP contribution in [-0.2, 0) is 11.3 Å². The van der Waals surface area contributed by atoms with Crippen molar-refractivity contribution in [2.45, 2.75) is 13.0 Å². The minimum atomic E-state index is -0.613. The van der Waals surface area contributed by atoms with Gasteiger partial charge in [0.15, 0.2) is 5.82 Å². The van der Waals surface area contributed by atoms with Crippen molar-refractivity contribution in [1.29, 1.82) is 5.26 Å². The second kappa shape index (κ2) is 7.79. The fourth-order valence-electron chi connectivity index (χ4n) is 2.35. The molecule has 2 aromatic heterocycles. The molecule has 0 bridgehead atoms. The van der Waals surface area contributed by atoms with Crippen LogP contribution in [0.15, 0.2) is 47.2 Å². The van der Waals surface area contributed by atoms with Crippen molar-refractivity contribution in [2.75, 3.05) is 5.32 Å². The Balaban J connectivity index is 1.73. The summed E-state index contributed by atoms with van der Waals surface area (Å²) in [5, 5.41) is 30.7. The maximum atomic E-state index is 12.3. The van der Waals surface area contributed by atoms with Gasteiger partial charge in [-0.15, -0.1) is 0 Å². The number of aromatic nitrogens is 4. The quantitative estimate of drug-likeness (QED) is 0.472. The molecule has 0 unspecified atom stereocenters. The molecular formula is C16H12BrN7O3. The Morgan fingerprint density at radius 2 is 2.11 bits per heavy atom. The van der Waals surface area contributed by atoms with E-state index in [1.165, 1.54) is 21.8 Å². The predicted molar refractivity (Wildman–Crippen MR) is 98.1 cm³/mol. The van der Waals surface area contributed by atoms with E-state index in [4.69, 9.17) is 0 Å². The molecule has 3 rings (SSSR count). The molecule has 2 heterocycles. The number of rotatable bonds is 6. The molecule has 27 heavy (non-hydrogen) atoms. The standard InChI is InChI=1S/C16H12BrN7O3/c17-13-10-22(21-16(13)24(26)27)7-6-14(25)20-15-11(8-18)9-19-23(15)12-4-2-1-3-5-12/h1-5,9-10H,6-7H2,(H,20,25). The molecule has 0 aliphatic rings. The number of carbonyl (C=O) groups excluding carboxylic acids is 1. The van der Waals surface area contributed by atoms with E-state index in [2.05, 4.69) is 31.4 Å². The Labute approximate surface area is 161 Å². The van der Waals surface area contributed by atoms with Crippen LogP contribution >= 0.6 is 15.9 Å². The first-order chi connectivity index (χ1) is 13.0. The molecule has 1 aromatic carbocycles. The van der Waals surface area contributed by atoms with Crippen molar-refractivity contribution in [1.82, 2.24) is 19.6 Å². The Bertz CT molecular complexity index is 1040. The van der Waals surface area contributed by atoms with Crippen molar-refractivity contribution in [3.05, 3.63) is 62.9 Å². The number of nitriles is 1. The number of aryl methyl sites for hydroxylation is 1. The molecule has 10 nitrogen and oxygen atoms in total. The molecule has 0 aliphatic carbocycles. The van der Waals surface area contributed by atoms with Gasteiger partial charge in [-0.3, -0.25) is 4.79 Å². The van der Waals surface area contributed by atoms with Crippen molar-refractivity contribution in [2.24, 2.45) is 0 Å². The fraction of sp³-hybridized carbons (Fsp3) is 0.125. The summed E-state index contributed by atoms with van der Waals surface area (Å²) >= 11 is 3.05. The lowest BCUT2D eigenvalue weighted by atomic mass is 10.3. The summed E-state index contributed by atoms with van der Waals surface area (Å²) in [6, 6.07) is 11.1. The van der Waals surface area contributed by atoms with Gasteiger partial charge in [-0.25, -0.2) is 4.68 Å². The summed E-state index contributed by atoms with van der Waals surface area (Å²) in [7, 11) is 0. The number of amides is 1. The van der Waals surface area contributed by atoms with E-state index in [0.29, 0.717) is 5.69 Å². The summed E-state index contributed by atoms with van der Waals surface area (Å²) in [5.74, 6) is -0.427. The molecule has 11 heteroatoms. The molecular weight excluding hydrogens is 418 g/mol. The number of nitro groups is 1. The number of halogens is 1. The SMILES string of the molecule is N#Cc1cnn(-c2ccccc2)c1NC(=O)CCn1cc(Br)c([N+](=O)[O-])n1. The second-order valence-corrected chi connectivity index (χ2v) is 6.24. The molecule has 0 fully saturated rings. The number of nitrogens with one attached hydrogen (secondary N) is 1. The van der Waals surface area contributed by atoms with Crippen molar-refractivity contribution >= 4 is 33.5 Å². The van der Waals surface area contributed by atoms with Gasteiger partial charge in [-0.05, 0) is 33.0 Å². The minimum Gasteiger partial charge on any atom is -0.358 e. The van der Waals surface area contributed by atoms with E-state index < -0.39 is 4.92 Å². The van der Waals surface area contributed by atoms with Gasteiger partial charge in [0.25, 0.3) is 0 Å². The zero-order chi connectivity index (χ0) is 19.4. The molecule has 3 aromatic rings. The summed E-state index contributed by atoms with van der Waals surface area (Å²) < 4.78 is 3.01. The predicted octanol–water partition coefficient (Wildman–Crippen LogP) is 2.64. The number of nitrogens with zero attached hydrogens (tertiary/aromatic N) is 6. The van der Waals surface area contributed by atoms with Crippen LogP contribution in [0.3, 0.4) is 0 Å². The van der Waals surface area contributed by atoms with Gasteiger partial charge in [0.2, 0.25) is 5.91 Å². The summed E-state index contributed by atoms with van der Waals surface area (Å²) in [5.41, 5.74) is 0.922. The Morgan fingerprint density at radius 3 is 2.74 bits per heavy atom. The highest BCUT2D eigenvalue weighted by Gasteiger charge is 2.20. The zero-order valence-corrected chi connectivity index (χ0v) is 15.3. The maximum Gasteiger partial charge on any atom is 0.404 e. The van der Waals surface area contributed by atoms with Gasteiger partial charge in [0.05, 0.1) is 29.7 Å². The lowest BCUT2D eigenvalue weighted by Crippen LogP contribution is -2.18. The van der Waals surface area contributed by atoms with Crippen molar-refractivity contribution in [3.8, 4) is 11.8 Å². The van der Waals surface area contributed by atoms with Gasteiger partial charge in [0.1, 0.15) is 16.1 Å². The van der Waals surface area contributed by atoms with Crippen LogP contribution in [0, 0.1) is 21.4 Å². The molecule has 0 aliphatic heterocycles. The van der Waals surface area contributed by atoms with E-state index in [1.54, 1.807) is 12.1 Å². The van der Waals surface area contributed by atoms with Gasteiger partial charge < -0.3 is 15.4 Å². The largest absolute Gasteiger partial charge is 0.404 e. The molecule has 136 valence electrons. The molecule has 1 amide bonds. The first-order valence-electron chi connectivity index (χ1n) is 7.70. The summed E-state index contributed by atoms with van der Waals surface area (Å²) in [6.07, 6.45) is 2.81. The minimum absolute atomic E-state index is 0.0100. The molecule has 0 saturated carbocycles. The van der Waals surface area contributed by atoms with Crippen LogP contribution in [0.2, 0.25) is 0 Å². The topological polar surface area (TPSA) is 132 Å². The van der Waals surface area contributed by atoms with E-state index in [9.17, 15) is 20.2 Å². The first kappa shape index (κ1) is 18.3. The second-order valence-electron chi connectivity index (χ2n) is 5.39. The van der Waals surface area contributed by atoms with Gasteiger partial charge in [-0.1, -0.05) is 18.2 Å². The highest BCUT2D eigenvalue weighted by atomic mass is 79.9. The summed E-state index contributed by atoms with van der Waals surface area (Å²) in [6.45, 7) is 0.139. The number of hydrogen-bond donors (Lipinski definition) is 1. The number of para-hydroxylation sites is 1. The average Bonchev–Trinajstić information content (AvgIpc) is 3.24. The first-order valence-corrected chi connectivity index (χ1v) is 8.49. The lowest BCUT2D eigenvalue weighted by Gasteiger charge is -2.09. The average molecular weight is 430 g/mol. The Kier molecular flexibility index (Phi) is 5.28. The third-order valence-electron chi connectivity index (χ3n) is 3.59. The van der Waals surface area contributed by atoms with Gasteiger partial charge >= 0.3 is 5.82 Å². The normalized spacial score (nSPS) is 10.4. The monoisotopic (exact) mass is 429 g/mol.